The van der Waals surface area contributed by atoms with Gasteiger partial charge in [0.25, 0.3) is 0 Å². The summed E-state index contributed by atoms with van der Waals surface area (Å²) in [4.78, 5) is 0. The van der Waals surface area contributed by atoms with E-state index in [0.29, 0.717) is 11.4 Å². The predicted molar refractivity (Wildman–Crippen MR) is 89.1 cm³/mol. The molecule has 0 atom stereocenters. The quantitative estimate of drug-likeness (QED) is 0.261. The Labute approximate surface area is 134 Å². The number of phenols is 2. The van der Waals surface area contributed by atoms with Crippen molar-refractivity contribution in [1.82, 2.24) is 0 Å². The minimum Gasteiger partial charge on any atom is -0.508 e. The van der Waals surface area contributed by atoms with Crippen LogP contribution in [-0.2, 0) is 10.4 Å². The van der Waals surface area contributed by atoms with Crippen LogP contribution in [0.4, 0.5) is 11.4 Å². The molecule has 0 bridgehead atoms. The van der Waals surface area contributed by atoms with Crippen molar-refractivity contribution in [3.63, 3.8) is 0 Å². The van der Waals surface area contributed by atoms with Gasteiger partial charge in [0.1, 0.15) is 11.5 Å². The number of nitrogen functional groups attached to an aromatic ring is 1. The maximum atomic E-state index is 9.05. The van der Waals surface area contributed by atoms with E-state index in [4.69, 9.17) is 33.5 Å². The summed E-state index contributed by atoms with van der Waals surface area (Å²) in [7, 11) is -2.89. The summed E-state index contributed by atoms with van der Waals surface area (Å²) in [5, 5.41) is 20.9. The van der Waals surface area contributed by atoms with Crippen LogP contribution in [-0.4, -0.2) is 34.8 Å². The molecular formula is C14H20N2O6S. The lowest BCUT2D eigenvalue weighted by atomic mass is 10.2. The molecule has 0 saturated heterocycles. The highest BCUT2D eigenvalue weighted by Crippen LogP contribution is 2.20. The van der Waals surface area contributed by atoms with E-state index >= 15 is 0 Å². The van der Waals surface area contributed by atoms with E-state index in [9.17, 15) is 0 Å². The number of para-hydroxylation sites is 2. The first-order valence-electron chi connectivity index (χ1n) is 6.26. The molecule has 0 aromatic heterocycles. The number of aromatic hydroxyl groups is 2. The number of nitrogens with one attached hydrogen (secondary N) is 1. The predicted octanol–water partition coefficient (Wildman–Crippen LogP) is 2.06. The van der Waals surface area contributed by atoms with Crippen molar-refractivity contribution in [1.29, 1.82) is 0 Å². The highest BCUT2D eigenvalue weighted by molar-refractivity contribution is 7.79. The molecule has 23 heavy (non-hydrogen) atoms. The summed E-state index contributed by atoms with van der Waals surface area (Å²) < 4.78 is 31.6. The summed E-state index contributed by atoms with van der Waals surface area (Å²) in [5.41, 5.74) is 7.60. The molecule has 9 heteroatoms. The van der Waals surface area contributed by atoms with Crippen molar-refractivity contribution in [3.8, 4) is 11.5 Å². The maximum absolute atomic E-state index is 9.05. The molecule has 0 saturated carbocycles. The van der Waals surface area contributed by atoms with E-state index in [0.717, 1.165) is 11.3 Å². The molecule has 8 nitrogen and oxygen atoms in total. The van der Waals surface area contributed by atoms with E-state index in [1.165, 1.54) is 0 Å². The molecule has 0 aliphatic heterocycles. The molecule has 0 fully saturated rings. The van der Waals surface area contributed by atoms with Crippen LogP contribution in [0.2, 0.25) is 0 Å². The summed E-state index contributed by atoms with van der Waals surface area (Å²) in [5.74, 6) is 0.551. The average Bonchev–Trinajstić information content (AvgIpc) is 2.44. The van der Waals surface area contributed by atoms with Gasteiger partial charge in [0.2, 0.25) is 0 Å². The van der Waals surface area contributed by atoms with Gasteiger partial charge >= 0.3 is 10.4 Å². The number of anilines is 2. The van der Waals surface area contributed by atoms with Gasteiger partial charge in [-0.3, -0.25) is 9.11 Å². The minimum absolute atomic E-state index is 0.259. The summed E-state index contributed by atoms with van der Waals surface area (Å²) in [6, 6.07) is 12.2. The largest absolute Gasteiger partial charge is 0.508 e. The Balaban J connectivity index is 0.000000332. The van der Waals surface area contributed by atoms with Crippen LogP contribution in [0.25, 0.3) is 0 Å². The molecule has 0 unspecified atom stereocenters. The van der Waals surface area contributed by atoms with Gasteiger partial charge in [0.15, 0.2) is 0 Å². The van der Waals surface area contributed by atoms with Gasteiger partial charge in [-0.25, -0.2) is 0 Å². The fourth-order valence-electron chi connectivity index (χ4n) is 1.33. The third-order valence-corrected chi connectivity index (χ3v) is 2.52. The second-order valence-electron chi connectivity index (χ2n) is 4.21. The molecule has 2 aromatic rings. The number of nitrogens with two attached hydrogens (primary N) is 1. The number of rotatable bonds is 1. The van der Waals surface area contributed by atoms with Gasteiger partial charge in [0.05, 0.1) is 5.69 Å². The Bertz CT molecular complexity index is 691. The van der Waals surface area contributed by atoms with E-state index in [2.05, 4.69) is 5.32 Å². The smallest absolute Gasteiger partial charge is 0.394 e. The summed E-state index contributed by atoms with van der Waals surface area (Å²) >= 11 is 0. The molecule has 7 N–H and O–H groups in total. The molecule has 0 heterocycles. The summed E-state index contributed by atoms with van der Waals surface area (Å²) in [6.07, 6.45) is 0. The van der Waals surface area contributed by atoms with Crippen molar-refractivity contribution in [2.45, 2.75) is 6.92 Å². The van der Waals surface area contributed by atoms with Crippen LogP contribution in [0.3, 0.4) is 0 Å². The monoisotopic (exact) mass is 344 g/mol. The van der Waals surface area contributed by atoms with Crippen LogP contribution in [0.5, 0.6) is 11.5 Å². The van der Waals surface area contributed by atoms with Crippen LogP contribution in [0.15, 0.2) is 42.5 Å². The van der Waals surface area contributed by atoms with Gasteiger partial charge in [0, 0.05) is 18.3 Å². The Morgan fingerprint density at radius 1 is 0.957 bits per heavy atom. The molecule has 0 aliphatic rings. The topological polar surface area (TPSA) is 153 Å². The number of phenolic OH excluding ortho intramolecular Hbond substituents is 2. The SMILES string of the molecule is CNc1ccccc1O.Cc1c(N)cccc1O.O=S(=O)(O)O. The number of hydrogen-bond donors (Lipinski definition) is 6. The normalized spacial score (nSPS) is 9.74. The van der Waals surface area contributed by atoms with Gasteiger partial charge in [-0.15, -0.1) is 0 Å². The zero-order valence-corrected chi connectivity index (χ0v) is 13.4. The number of hydrogen-bond acceptors (Lipinski definition) is 6. The molecule has 0 amide bonds. The van der Waals surface area contributed by atoms with E-state index < -0.39 is 10.4 Å². The Hall–Kier alpha value is -2.49. The Kier molecular flexibility index (Phi) is 8.48. The highest BCUT2D eigenvalue weighted by atomic mass is 32.3. The molecule has 2 rings (SSSR count). The fourth-order valence-corrected chi connectivity index (χ4v) is 1.33. The lowest BCUT2D eigenvalue weighted by Crippen LogP contribution is -1.89. The zero-order chi connectivity index (χ0) is 18.0. The molecular weight excluding hydrogens is 324 g/mol. The summed E-state index contributed by atoms with van der Waals surface area (Å²) in [6.45, 7) is 1.78. The van der Waals surface area contributed by atoms with Crippen molar-refractivity contribution >= 4 is 21.8 Å². The highest BCUT2D eigenvalue weighted by Gasteiger charge is 1.95. The van der Waals surface area contributed by atoms with E-state index in [1.54, 1.807) is 44.3 Å². The van der Waals surface area contributed by atoms with Crippen LogP contribution in [0, 0.1) is 6.92 Å². The van der Waals surface area contributed by atoms with Crippen LogP contribution < -0.4 is 11.1 Å². The van der Waals surface area contributed by atoms with E-state index in [1.807, 2.05) is 12.1 Å². The first-order chi connectivity index (χ1) is 10.6. The Morgan fingerprint density at radius 2 is 1.43 bits per heavy atom. The first-order valence-corrected chi connectivity index (χ1v) is 7.65. The lowest BCUT2D eigenvalue weighted by Gasteiger charge is -1.99. The van der Waals surface area contributed by atoms with Crippen molar-refractivity contribution in [2.75, 3.05) is 18.1 Å². The first kappa shape index (κ1) is 20.5. The van der Waals surface area contributed by atoms with Crippen LogP contribution in [0.1, 0.15) is 5.56 Å². The van der Waals surface area contributed by atoms with Crippen molar-refractivity contribution < 1.29 is 27.7 Å². The van der Waals surface area contributed by atoms with E-state index in [-0.39, 0.29) is 5.75 Å². The number of benzene rings is 2. The van der Waals surface area contributed by atoms with Gasteiger partial charge in [-0.2, -0.15) is 8.42 Å². The van der Waals surface area contributed by atoms with Crippen molar-refractivity contribution in [2.24, 2.45) is 0 Å². The molecule has 2 aromatic carbocycles. The standard InChI is InChI=1S/2C7H9NO.H2O4S/c1-8-6-4-2-3-5-7(6)9;1-5-6(8)3-2-4-7(5)9;1-5(2,3)4/h2-5,8-9H,1H3;2-4,9H,8H2,1H3;(H2,1,2,3,4). The third kappa shape index (κ3) is 9.96. The molecule has 128 valence electrons. The average molecular weight is 344 g/mol. The molecule has 0 aliphatic carbocycles. The lowest BCUT2D eigenvalue weighted by molar-refractivity contribution is 0.381. The second kappa shape index (κ2) is 9.51. The van der Waals surface area contributed by atoms with Gasteiger partial charge in [-0.05, 0) is 31.2 Å². The molecule has 0 spiro atoms. The second-order valence-corrected chi connectivity index (χ2v) is 5.10. The minimum atomic E-state index is -4.67. The van der Waals surface area contributed by atoms with Crippen molar-refractivity contribution in [3.05, 3.63) is 48.0 Å². The van der Waals surface area contributed by atoms with Crippen LogP contribution >= 0.6 is 0 Å². The van der Waals surface area contributed by atoms with Gasteiger partial charge in [-0.1, -0.05) is 18.2 Å². The zero-order valence-electron chi connectivity index (χ0n) is 12.6. The Morgan fingerprint density at radius 3 is 1.78 bits per heavy atom. The fraction of sp³-hybridized carbons (Fsp3) is 0.143. The molecule has 0 radical (unpaired) electrons. The van der Waals surface area contributed by atoms with Gasteiger partial charge < -0.3 is 21.3 Å². The third-order valence-electron chi connectivity index (χ3n) is 2.52. The maximum Gasteiger partial charge on any atom is 0.394 e.